The monoisotopic (exact) mass is 716 g/mol. The van der Waals surface area contributed by atoms with Crippen LogP contribution in [0.4, 0.5) is 0 Å². The summed E-state index contributed by atoms with van der Waals surface area (Å²) in [6.45, 7) is 2.38. The molecule has 56 heavy (non-hydrogen) atoms. The summed E-state index contributed by atoms with van der Waals surface area (Å²) in [4.78, 5) is 0. The van der Waals surface area contributed by atoms with Gasteiger partial charge in [0.25, 0.3) is 0 Å². The van der Waals surface area contributed by atoms with Crippen molar-refractivity contribution in [2.45, 2.75) is 37.0 Å². The lowest BCUT2D eigenvalue weighted by Gasteiger charge is -2.47. The van der Waals surface area contributed by atoms with Gasteiger partial charge in [-0.1, -0.05) is 212 Å². The maximum Gasteiger partial charge on any atom is 0.0418 e. The van der Waals surface area contributed by atoms with Crippen molar-refractivity contribution in [3.05, 3.63) is 267 Å². The molecular weight excluding hydrogens is 673 g/mol. The van der Waals surface area contributed by atoms with Gasteiger partial charge in [0.05, 0.1) is 0 Å². The topological polar surface area (TPSA) is 0 Å². The molecule has 0 N–H and O–H groups in total. The first-order chi connectivity index (χ1) is 27.7. The Balaban J connectivity index is 1.25. The van der Waals surface area contributed by atoms with Crippen molar-refractivity contribution in [3.8, 4) is 22.3 Å². The molecule has 0 amide bonds. The average molecular weight is 717 g/mol. The molecule has 1 unspecified atom stereocenters. The molecule has 2 aliphatic carbocycles. The Morgan fingerprint density at radius 1 is 0.375 bits per heavy atom. The Hall–Kier alpha value is -6.50. The predicted octanol–water partition coefficient (Wildman–Crippen LogP) is 13.8. The Morgan fingerprint density at radius 2 is 0.839 bits per heavy atom. The first-order valence-corrected chi connectivity index (χ1v) is 20.0. The van der Waals surface area contributed by atoms with Gasteiger partial charge in [-0.25, -0.2) is 0 Å². The van der Waals surface area contributed by atoms with Crippen molar-refractivity contribution in [1.82, 2.24) is 0 Å². The number of rotatable bonds is 9. The van der Waals surface area contributed by atoms with Gasteiger partial charge in [0.2, 0.25) is 0 Å². The maximum atomic E-state index is 2.55. The summed E-state index contributed by atoms with van der Waals surface area (Å²) in [7, 11) is 0. The van der Waals surface area contributed by atoms with Crippen molar-refractivity contribution in [2.75, 3.05) is 0 Å². The second-order valence-corrected chi connectivity index (χ2v) is 15.7. The molecule has 0 bridgehead atoms. The van der Waals surface area contributed by atoms with E-state index in [2.05, 4.69) is 219 Å². The molecule has 0 fully saturated rings. The van der Waals surface area contributed by atoms with Gasteiger partial charge in [0.15, 0.2) is 0 Å². The number of hydrogen-bond acceptors (Lipinski definition) is 0. The van der Waals surface area contributed by atoms with Crippen molar-refractivity contribution >= 4 is 6.08 Å². The Labute approximate surface area is 331 Å². The standard InChI is InChI=1S/C56H44/c1-39-33-46-38-45(44-21-11-4-12-22-44)29-32-49(46)54(39)56(47-23-13-5-14-24-47,48-25-15-6-16-26-48)55-52-36-42(34-40-17-7-2-8-18-40)27-30-50(52)51-31-28-43(37-53(51)55)35-41-19-9-3-10-20-41/h2-33,36-38,54-55H,34-35H2,1H3. The number of fused-ring (bicyclic) bond motifs is 4. The van der Waals surface area contributed by atoms with E-state index in [0.29, 0.717) is 0 Å². The van der Waals surface area contributed by atoms with Crippen molar-refractivity contribution in [3.63, 3.8) is 0 Å². The number of benzene rings is 8. The third kappa shape index (κ3) is 5.85. The summed E-state index contributed by atoms with van der Waals surface area (Å²) in [5.74, 6) is 0.128. The highest BCUT2D eigenvalue weighted by atomic mass is 14.6. The van der Waals surface area contributed by atoms with Crippen LogP contribution in [0.15, 0.2) is 212 Å². The minimum absolute atomic E-state index is 0.0387. The fourth-order valence-corrected chi connectivity index (χ4v) is 10.1. The molecule has 268 valence electrons. The predicted molar refractivity (Wildman–Crippen MR) is 234 cm³/mol. The lowest BCUT2D eigenvalue weighted by Crippen LogP contribution is -2.41. The highest BCUT2D eigenvalue weighted by Gasteiger charge is 2.54. The van der Waals surface area contributed by atoms with E-state index in [1.165, 1.54) is 83.5 Å². The van der Waals surface area contributed by atoms with Gasteiger partial charge in [-0.15, -0.1) is 0 Å². The van der Waals surface area contributed by atoms with Crippen LogP contribution in [0.1, 0.15) is 74.4 Å². The van der Waals surface area contributed by atoms with Gasteiger partial charge in [0.1, 0.15) is 0 Å². The minimum Gasteiger partial charge on any atom is -0.0639 e. The lowest BCUT2D eigenvalue weighted by molar-refractivity contribution is 0.405. The van der Waals surface area contributed by atoms with Crippen molar-refractivity contribution in [2.24, 2.45) is 0 Å². The smallest absolute Gasteiger partial charge is 0.0418 e. The zero-order valence-electron chi connectivity index (χ0n) is 31.8. The van der Waals surface area contributed by atoms with E-state index in [1.54, 1.807) is 0 Å². The van der Waals surface area contributed by atoms with Crippen LogP contribution in [0.3, 0.4) is 0 Å². The highest BCUT2D eigenvalue weighted by molar-refractivity contribution is 5.83. The summed E-state index contributed by atoms with van der Waals surface area (Å²) in [5, 5.41) is 0. The van der Waals surface area contributed by atoms with Crippen LogP contribution in [-0.2, 0) is 18.3 Å². The fraction of sp³-hybridized carbons (Fsp3) is 0.107. The summed E-state index contributed by atoms with van der Waals surface area (Å²) < 4.78 is 0. The summed E-state index contributed by atoms with van der Waals surface area (Å²) in [5.41, 5.74) is 19.7. The SMILES string of the molecule is CC1=Cc2cc(-c3ccccc3)ccc2C1C(c1ccccc1)(c1ccccc1)C1c2cc(Cc3ccccc3)ccc2-c2ccc(Cc3ccccc3)cc21. The third-order valence-electron chi connectivity index (χ3n) is 12.4. The molecule has 0 heterocycles. The average Bonchev–Trinajstić information content (AvgIpc) is 3.76. The van der Waals surface area contributed by atoms with Gasteiger partial charge >= 0.3 is 0 Å². The molecule has 0 heteroatoms. The number of hydrogen-bond donors (Lipinski definition) is 0. The Morgan fingerprint density at radius 3 is 1.34 bits per heavy atom. The van der Waals surface area contributed by atoms with Crippen LogP contribution in [0, 0.1) is 0 Å². The molecule has 0 aliphatic heterocycles. The maximum absolute atomic E-state index is 2.55. The van der Waals surface area contributed by atoms with E-state index in [0.717, 1.165) is 12.8 Å². The van der Waals surface area contributed by atoms with E-state index in [1.807, 2.05) is 0 Å². The van der Waals surface area contributed by atoms with Crippen LogP contribution in [0.5, 0.6) is 0 Å². The molecule has 0 nitrogen and oxygen atoms in total. The van der Waals surface area contributed by atoms with Gasteiger partial charge in [-0.2, -0.15) is 0 Å². The Bertz CT molecular complexity index is 2540. The second kappa shape index (κ2) is 14.3. The number of allylic oxidation sites excluding steroid dienone is 1. The van der Waals surface area contributed by atoms with E-state index in [-0.39, 0.29) is 11.8 Å². The first-order valence-electron chi connectivity index (χ1n) is 20.0. The van der Waals surface area contributed by atoms with Gasteiger partial charge < -0.3 is 0 Å². The summed E-state index contributed by atoms with van der Waals surface area (Å²) >= 11 is 0. The molecule has 8 aromatic rings. The quantitative estimate of drug-likeness (QED) is 0.140. The molecule has 1 atom stereocenters. The molecule has 10 rings (SSSR count). The minimum atomic E-state index is -0.473. The normalized spacial score (nSPS) is 14.5. The van der Waals surface area contributed by atoms with Gasteiger partial charge in [0, 0.05) is 17.3 Å². The van der Waals surface area contributed by atoms with E-state index >= 15 is 0 Å². The first kappa shape index (κ1) is 34.0. The van der Waals surface area contributed by atoms with Crippen LogP contribution < -0.4 is 0 Å². The van der Waals surface area contributed by atoms with E-state index < -0.39 is 5.41 Å². The van der Waals surface area contributed by atoms with Gasteiger partial charge in [-0.05, 0) is 104 Å². The zero-order chi connectivity index (χ0) is 37.5. The summed E-state index contributed by atoms with van der Waals surface area (Å²) in [6, 6.07) is 77.4. The van der Waals surface area contributed by atoms with Crippen molar-refractivity contribution in [1.29, 1.82) is 0 Å². The van der Waals surface area contributed by atoms with Gasteiger partial charge in [-0.3, -0.25) is 0 Å². The molecule has 8 aromatic carbocycles. The zero-order valence-corrected chi connectivity index (χ0v) is 31.8. The molecule has 2 aliphatic rings. The summed E-state index contributed by atoms with van der Waals surface area (Å²) in [6.07, 6.45) is 4.27. The molecular formula is C56H44. The molecule has 0 spiro atoms. The molecule has 0 radical (unpaired) electrons. The van der Waals surface area contributed by atoms with Crippen LogP contribution in [0.2, 0.25) is 0 Å². The van der Waals surface area contributed by atoms with Crippen LogP contribution in [-0.4, -0.2) is 0 Å². The second-order valence-electron chi connectivity index (χ2n) is 15.7. The third-order valence-corrected chi connectivity index (χ3v) is 12.4. The molecule has 0 aromatic heterocycles. The molecule has 0 saturated carbocycles. The largest absolute Gasteiger partial charge is 0.0639 e. The van der Waals surface area contributed by atoms with Crippen LogP contribution in [0.25, 0.3) is 28.3 Å². The Kier molecular flexibility index (Phi) is 8.68. The molecule has 0 saturated heterocycles. The van der Waals surface area contributed by atoms with E-state index in [4.69, 9.17) is 0 Å². The fourth-order valence-electron chi connectivity index (χ4n) is 10.1. The van der Waals surface area contributed by atoms with Crippen molar-refractivity contribution < 1.29 is 0 Å². The highest BCUT2D eigenvalue weighted by Crippen LogP contribution is 2.64. The lowest BCUT2D eigenvalue weighted by atomic mass is 9.54. The van der Waals surface area contributed by atoms with E-state index in [9.17, 15) is 0 Å². The van der Waals surface area contributed by atoms with Crippen LogP contribution >= 0.6 is 0 Å².